The van der Waals surface area contributed by atoms with Crippen LogP contribution in [0, 0.1) is 21.4 Å². The van der Waals surface area contributed by atoms with E-state index in [1.807, 2.05) is 36.4 Å². The number of nitrogens with zero attached hydrogens (tertiary/aromatic N) is 6. The van der Waals surface area contributed by atoms with Gasteiger partial charge >= 0.3 is 0 Å². The van der Waals surface area contributed by atoms with Crippen molar-refractivity contribution in [1.29, 1.82) is 0 Å². The Morgan fingerprint density at radius 3 is 2.60 bits per heavy atom. The maximum atomic E-state index is 14.2. The van der Waals surface area contributed by atoms with Gasteiger partial charge in [0.05, 0.1) is 38.8 Å². The average Bonchev–Trinajstić information content (AvgIpc) is 3.88. The third-order valence-corrected chi connectivity index (χ3v) is 14.3. The predicted molar refractivity (Wildman–Crippen MR) is 239 cm³/mol. The number of benzene rings is 3. The molecule has 0 unspecified atom stereocenters. The second kappa shape index (κ2) is 15.4. The van der Waals surface area contributed by atoms with E-state index in [1.165, 1.54) is 22.8 Å². The number of aromatic amines is 1. The van der Waals surface area contributed by atoms with Crippen LogP contribution in [0.15, 0.2) is 89.6 Å². The Balaban J connectivity index is 0.938. The lowest BCUT2D eigenvalue weighted by Gasteiger charge is -2.39. The highest BCUT2D eigenvalue weighted by Gasteiger charge is 2.38. The molecular weight excluding hydrogens is 830 g/mol. The van der Waals surface area contributed by atoms with Crippen LogP contribution in [-0.4, -0.2) is 89.3 Å². The molecule has 1 amide bonds. The SMILES string of the molecule is CC1(C)CCC(CN2CCN(c3ccc(C(=O)NS(=O)(=O)c4cc5c(c([N+](=O)[O-])c4)N[C@@H](C4CC4)CO5)c(-n4ncc5nc6[nH]ccc6cc54)c3)CC2)=C(c2ccc(Cl)cc2)C1. The number of hydrogen-bond donors (Lipinski definition) is 3. The van der Waals surface area contributed by atoms with Crippen molar-refractivity contribution < 1.29 is 22.9 Å². The number of halogens is 1. The molecule has 4 aliphatic rings. The molecule has 15 nitrogen and oxygen atoms in total. The third-order valence-electron chi connectivity index (χ3n) is 12.8. The zero-order valence-electron chi connectivity index (χ0n) is 34.4. The Morgan fingerprint density at radius 1 is 1.05 bits per heavy atom. The number of hydrogen-bond acceptors (Lipinski definition) is 11. The first-order chi connectivity index (χ1) is 29.8. The van der Waals surface area contributed by atoms with E-state index in [0.29, 0.717) is 28.3 Å². The number of nitrogens with one attached hydrogen (secondary N) is 3. The molecule has 0 spiro atoms. The number of fused-ring (bicyclic) bond motifs is 3. The fraction of sp³-hybridized carbons (Fsp3) is 0.356. The van der Waals surface area contributed by atoms with Crippen LogP contribution in [0.3, 0.4) is 0 Å². The molecule has 5 heterocycles. The summed E-state index contributed by atoms with van der Waals surface area (Å²) in [5, 5.41) is 21.6. The Morgan fingerprint density at radius 2 is 1.84 bits per heavy atom. The molecule has 3 aromatic carbocycles. The van der Waals surface area contributed by atoms with E-state index < -0.39 is 31.4 Å². The summed E-state index contributed by atoms with van der Waals surface area (Å²) in [6.07, 6.45) is 8.58. The number of H-pyrrole nitrogens is 1. The highest BCUT2D eigenvalue weighted by Crippen LogP contribution is 2.45. The molecule has 3 N–H and O–H groups in total. The minimum atomic E-state index is -4.63. The molecule has 0 bridgehead atoms. The topological polar surface area (TPSA) is 181 Å². The molecule has 10 rings (SSSR count). The van der Waals surface area contributed by atoms with Crippen molar-refractivity contribution in [3.8, 4) is 11.4 Å². The van der Waals surface area contributed by atoms with Gasteiger partial charge in [-0.25, -0.2) is 22.8 Å². The lowest BCUT2D eigenvalue weighted by atomic mass is 9.72. The van der Waals surface area contributed by atoms with Crippen molar-refractivity contribution in [2.24, 2.45) is 11.3 Å². The standard InChI is InChI=1S/C45H46ClN9O6S/c1-45(2)13-11-30(35(23-45)27-5-7-31(46)8-6-27)25-52-15-17-53(18-16-52)32-9-10-34(38(20-32)54-39-19-29-12-14-47-43(29)50-36(39)24-48-54)44(56)51-62(59,60)33-21-40(55(57)58)42-41(22-33)61-26-37(49-42)28-3-4-28/h5-10,12,14,19-22,24,28,37,49H,3-4,11,13,15-18,23,25-26H2,1-2H3,(H,47,50)(H,51,56)/t37-/m1/s1. The Kier molecular flexibility index (Phi) is 9.99. The van der Waals surface area contributed by atoms with Gasteiger partial charge in [0.25, 0.3) is 21.6 Å². The maximum absolute atomic E-state index is 14.2. The number of nitro groups is 1. The quantitative estimate of drug-likeness (QED) is 0.0898. The van der Waals surface area contributed by atoms with Crippen LogP contribution in [0.1, 0.15) is 61.9 Å². The number of amides is 1. The van der Waals surface area contributed by atoms with E-state index in [4.69, 9.17) is 21.3 Å². The van der Waals surface area contributed by atoms with Crippen molar-refractivity contribution in [1.82, 2.24) is 29.4 Å². The van der Waals surface area contributed by atoms with E-state index in [1.54, 1.807) is 23.1 Å². The van der Waals surface area contributed by atoms with Crippen LogP contribution >= 0.6 is 11.6 Å². The van der Waals surface area contributed by atoms with E-state index in [-0.39, 0.29) is 35.1 Å². The average molecular weight is 876 g/mol. The van der Waals surface area contributed by atoms with E-state index >= 15 is 0 Å². The number of allylic oxidation sites excluding steroid dienone is 1. The fourth-order valence-corrected chi connectivity index (χ4v) is 10.3. The second-order valence-corrected chi connectivity index (χ2v) is 19.8. The van der Waals surface area contributed by atoms with Crippen LogP contribution < -0.4 is 19.7 Å². The first-order valence-corrected chi connectivity index (χ1v) is 22.8. The molecule has 62 heavy (non-hydrogen) atoms. The van der Waals surface area contributed by atoms with Gasteiger partial charge in [0.15, 0.2) is 11.4 Å². The summed E-state index contributed by atoms with van der Waals surface area (Å²) in [5.74, 6) is -0.536. The molecule has 6 aromatic rings. The van der Waals surface area contributed by atoms with Crippen molar-refractivity contribution in [2.45, 2.75) is 56.9 Å². The minimum Gasteiger partial charge on any atom is -0.489 e. The number of ether oxygens (including phenoxy) is 1. The number of pyridine rings is 1. The lowest BCUT2D eigenvalue weighted by molar-refractivity contribution is -0.384. The van der Waals surface area contributed by atoms with Crippen LogP contribution in [0.2, 0.25) is 5.02 Å². The zero-order valence-corrected chi connectivity index (χ0v) is 35.9. The van der Waals surface area contributed by atoms with Gasteiger partial charge in [0.2, 0.25) is 0 Å². The second-order valence-electron chi connectivity index (χ2n) is 17.7. The number of piperazine rings is 1. The molecule has 17 heteroatoms. The number of carbonyl (C=O) groups is 1. The largest absolute Gasteiger partial charge is 0.489 e. The number of aromatic nitrogens is 4. The summed E-state index contributed by atoms with van der Waals surface area (Å²) in [4.78, 5) is 37.9. The normalized spacial score (nSPS) is 19.3. The summed E-state index contributed by atoms with van der Waals surface area (Å²) in [7, 11) is -4.63. The van der Waals surface area contributed by atoms with Gasteiger partial charge in [-0.1, -0.05) is 43.2 Å². The summed E-state index contributed by atoms with van der Waals surface area (Å²) < 4.78 is 37.5. The molecule has 320 valence electrons. The first-order valence-electron chi connectivity index (χ1n) is 21.0. The summed E-state index contributed by atoms with van der Waals surface area (Å²) >= 11 is 6.25. The maximum Gasteiger partial charge on any atom is 0.297 e. The van der Waals surface area contributed by atoms with E-state index in [9.17, 15) is 23.3 Å². The number of sulfonamides is 1. The van der Waals surface area contributed by atoms with Crippen LogP contribution in [0.4, 0.5) is 17.1 Å². The summed E-state index contributed by atoms with van der Waals surface area (Å²) in [6.45, 7) is 8.92. The monoisotopic (exact) mass is 875 g/mol. The van der Waals surface area contributed by atoms with Crippen molar-refractivity contribution >= 4 is 72.2 Å². The van der Waals surface area contributed by atoms with Gasteiger partial charge in [0.1, 0.15) is 17.8 Å². The lowest BCUT2D eigenvalue weighted by Crippen LogP contribution is -2.47. The molecule has 2 fully saturated rings. The van der Waals surface area contributed by atoms with Gasteiger partial charge in [-0.3, -0.25) is 19.8 Å². The molecule has 1 atom stereocenters. The van der Waals surface area contributed by atoms with E-state index in [0.717, 1.165) is 87.0 Å². The fourth-order valence-electron chi connectivity index (χ4n) is 9.13. The first kappa shape index (κ1) is 40.1. The Bertz CT molecular complexity index is 2910. The predicted octanol–water partition coefficient (Wildman–Crippen LogP) is 7.95. The van der Waals surface area contributed by atoms with Gasteiger partial charge in [-0.05, 0) is 97.0 Å². The molecule has 1 saturated heterocycles. The van der Waals surface area contributed by atoms with Crippen LogP contribution in [-0.2, 0) is 10.0 Å². The Hall–Kier alpha value is -5.97. The van der Waals surface area contributed by atoms with Crippen molar-refractivity contribution in [3.63, 3.8) is 0 Å². The molecule has 2 aliphatic heterocycles. The smallest absolute Gasteiger partial charge is 0.297 e. The summed E-state index contributed by atoms with van der Waals surface area (Å²) in [6, 6.07) is 19.3. The van der Waals surface area contributed by atoms with Gasteiger partial charge < -0.3 is 19.9 Å². The van der Waals surface area contributed by atoms with Crippen LogP contribution in [0.25, 0.3) is 33.3 Å². The minimum absolute atomic E-state index is 0.0367. The van der Waals surface area contributed by atoms with Gasteiger partial charge in [0, 0.05) is 67.1 Å². The third kappa shape index (κ3) is 7.75. The molecule has 0 radical (unpaired) electrons. The molecule has 1 saturated carbocycles. The highest BCUT2D eigenvalue weighted by atomic mass is 35.5. The summed E-state index contributed by atoms with van der Waals surface area (Å²) in [5.41, 5.74) is 7.14. The number of carbonyl (C=O) groups excluding carboxylic acids is 1. The van der Waals surface area contributed by atoms with Crippen molar-refractivity contribution in [2.75, 3.05) is 49.5 Å². The van der Waals surface area contributed by atoms with Gasteiger partial charge in [-0.2, -0.15) is 5.10 Å². The number of anilines is 2. The molecule has 3 aromatic heterocycles. The van der Waals surface area contributed by atoms with E-state index in [2.05, 4.69) is 55.9 Å². The highest BCUT2D eigenvalue weighted by molar-refractivity contribution is 7.90. The zero-order chi connectivity index (χ0) is 42.9. The van der Waals surface area contributed by atoms with Crippen molar-refractivity contribution in [3.05, 3.63) is 111 Å². The van der Waals surface area contributed by atoms with Crippen LogP contribution in [0.5, 0.6) is 5.75 Å². The number of nitro benzene ring substituents is 1. The van der Waals surface area contributed by atoms with Gasteiger partial charge in [-0.15, -0.1) is 0 Å². The Labute approximate surface area is 363 Å². The number of rotatable bonds is 10. The molecule has 2 aliphatic carbocycles. The molecular formula is C45H46ClN9O6S.